The maximum atomic E-state index is 13.2. The molecule has 232 valence electrons. The SMILES string of the molecule is CC(=O)c1ccc(N2CCN(c3nc(C)c4ccc(=O)n(-c5ccc(C(=O)NCc6ccc(C(=O)O)cc6)cc5)c4n3)CC2)cc1. The van der Waals surface area contributed by atoms with E-state index in [1.54, 1.807) is 49.4 Å². The summed E-state index contributed by atoms with van der Waals surface area (Å²) in [5.41, 5.74) is 4.67. The molecule has 6 rings (SSSR count). The molecule has 11 nitrogen and oxygen atoms in total. The largest absolute Gasteiger partial charge is 0.478 e. The molecule has 0 spiro atoms. The Bertz CT molecular complexity index is 2000. The first kappa shape index (κ1) is 30.2. The van der Waals surface area contributed by atoms with E-state index >= 15 is 0 Å². The van der Waals surface area contributed by atoms with Crippen molar-refractivity contribution in [1.29, 1.82) is 0 Å². The lowest BCUT2D eigenvalue weighted by Gasteiger charge is -2.36. The first-order valence-corrected chi connectivity index (χ1v) is 14.9. The lowest BCUT2D eigenvalue weighted by Crippen LogP contribution is -2.47. The number of aromatic carboxylic acids is 1. The number of carbonyl (C=O) groups is 3. The van der Waals surface area contributed by atoms with Crippen molar-refractivity contribution in [3.8, 4) is 5.69 Å². The van der Waals surface area contributed by atoms with Crippen LogP contribution < -0.4 is 20.7 Å². The Morgan fingerprint density at radius 2 is 1.33 bits per heavy atom. The number of fused-ring (bicyclic) bond motifs is 1. The molecular weight excluding hydrogens is 584 g/mol. The van der Waals surface area contributed by atoms with Gasteiger partial charge in [0.2, 0.25) is 5.95 Å². The summed E-state index contributed by atoms with van der Waals surface area (Å²) in [7, 11) is 0. The smallest absolute Gasteiger partial charge is 0.335 e. The summed E-state index contributed by atoms with van der Waals surface area (Å²) < 4.78 is 1.53. The molecule has 1 aliphatic heterocycles. The maximum Gasteiger partial charge on any atom is 0.335 e. The van der Waals surface area contributed by atoms with Crippen LogP contribution in [0.3, 0.4) is 0 Å². The van der Waals surface area contributed by atoms with Crippen LogP contribution in [0.25, 0.3) is 16.7 Å². The van der Waals surface area contributed by atoms with E-state index in [-0.39, 0.29) is 29.4 Å². The van der Waals surface area contributed by atoms with E-state index in [1.807, 2.05) is 31.2 Å². The average molecular weight is 617 g/mol. The molecule has 5 aromatic rings. The van der Waals surface area contributed by atoms with Gasteiger partial charge in [-0.3, -0.25) is 19.0 Å². The lowest BCUT2D eigenvalue weighted by molar-refractivity contribution is 0.0696. The Labute approximate surface area is 264 Å². The molecule has 0 saturated carbocycles. The van der Waals surface area contributed by atoms with Crippen LogP contribution in [0.2, 0.25) is 0 Å². The molecule has 3 heterocycles. The summed E-state index contributed by atoms with van der Waals surface area (Å²) in [6.45, 7) is 6.56. The van der Waals surface area contributed by atoms with E-state index in [0.29, 0.717) is 41.5 Å². The molecule has 46 heavy (non-hydrogen) atoms. The van der Waals surface area contributed by atoms with Crippen LogP contribution >= 0.6 is 0 Å². The highest BCUT2D eigenvalue weighted by atomic mass is 16.4. The number of Topliss-reactive ketones (excluding diaryl/α,β-unsaturated/α-hetero) is 1. The number of aromatic nitrogens is 3. The summed E-state index contributed by atoms with van der Waals surface area (Å²) in [6, 6.07) is 23.9. The van der Waals surface area contributed by atoms with Crippen molar-refractivity contribution in [3.05, 3.63) is 123 Å². The monoisotopic (exact) mass is 616 g/mol. The normalized spacial score (nSPS) is 13.1. The molecule has 3 aromatic carbocycles. The topological polar surface area (TPSA) is 138 Å². The Morgan fingerprint density at radius 1 is 0.739 bits per heavy atom. The Morgan fingerprint density at radius 3 is 1.96 bits per heavy atom. The predicted octanol–water partition coefficient (Wildman–Crippen LogP) is 4.25. The van der Waals surface area contributed by atoms with Crippen molar-refractivity contribution in [2.75, 3.05) is 36.0 Å². The van der Waals surface area contributed by atoms with Gasteiger partial charge in [0.25, 0.3) is 11.5 Å². The van der Waals surface area contributed by atoms with Gasteiger partial charge in [0, 0.05) is 61.0 Å². The number of amides is 1. The number of carboxylic acids is 1. The number of benzene rings is 3. The summed E-state index contributed by atoms with van der Waals surface area (Å²) in [5.74, 6) is -0.719. The number of hydrogen-bond acceptors (Lipinski definition) is 8. The third-order valence-corrected chi connectivity index (χ3v) is 8.17. The molecule has 1 fully saturated rings. The van der Waals surface area contributed by atoms with Gasteiger partial charge in [-0.05, 0) is 86.1 Å². The fraction of sp³-hybridized carbons (Fsp3) is 0.200. The third kappa shape index (κ3) is 6.20. The Kier molecular flexibility index (Phi) is 8.30. The highest BCUT2D eigenvalue weighted by molar-refractivity contribution is 5.95. The Hall–Kier alpha value is -5.84. The lowest BCUT2D eigenvalue weighted by atomic mass is 10.1. The van der Waals surface area contributed by atoms with Gasteiger partial charge >= 0.3 is 5.97 Å². The molecule has 0 bridgehead atoms. The number of rotatable bonds is 8. The van der Waals surface area contributed by atoms with E-state index in [9.17, 15) is 19.2 Å². The first-order chi connectivity index (χ1) is 22.2. The number of hydrogen-bond donors (Lipinski definition) is 2. The number of ketones is 1. The molecule has 1 saturated heterocycles. The first-order valence-electron chi connectivity index (χ1n) is 14.9. The molecule has 1 aliphatic rings. The minimum Gasteiger partial charge on any atom is -0.478 e. The molecule has 0 atom stereocenters. The number of nitrogens with one attached hydrogen (secondary N) is 1. The summed E-state index contributed by atoms with van der Waals surface area (Å²) in [5, 5.41) is 12.7. The number of aryl methyl sites for hydroxylation is 1. The molecule has 2 aromatic heterocycles. The van der Waals surface area contributed by atoms with Gasteiger partial charge < -0.3 is 20.2 Å². The summed E-state index contributed by atoms with van der Waals surface area (Å²) in [6.07, 6.45) is 0. The van der Waals surface area contributed by atoms with Crippen LogP contribution in [0.5, 0.6) is 0 Å². The van der Waals surface area contributed by atoms with Crippen LogP contribution in [0.4, 0.5) is 11.6 Å². The van der Waals surface area contributed by atoms with Crippen molar-refractivity contribution in [2.24, 2.45) is 0 Å². The number of anilines is 2. The third-order valence-electron chi connectivity index (χ3n) is 8.17. The van der Waals surface area contributed by atoms with Crippen LogP contribution in [-0.2, 0) is 6.54 Å². The van der Waals surface area contributed by atoms with Crippen molar-refractivity contribution < 1.29 is 19.5 Å². The van der Waals surface area contributed by atoms with Crippen molar-refractivity contribution in [3.63, 3.8) is 0 Å². The van der Waals surface area contributed by atoms with Crippen LogP contribution in [0.15, 0.2) is 89.7 Å². The van der Waals surface area contributed by atoms with E-state index < -0.39 is 5.97 Å². The highest BCUT2D eigenvalue weighted by Crippen LogP contribution is 2.24. The molecule has 0 aliphatic carbocycles. The maximum absolute atomic E-state index is 13.2. The van der Waals surface area contributed by atoms with E-state index in [0.717, 1.165) is 35.4 Å². The number of piperazine rings is 1. The minimum absolute atomic E-state index is 0.0409. The zero-order valence-corrected chi connectivity index (χ0v) is 25.4. The summed E-state index contributed by atoms with van der Waals surface area (Å²) >= 11 is 0. The molecule has 0 unspecified atom stereocenters. The van der Waals surface area contributed by atoms with Gasteiger partial charge in [-0.2, -0.15) is 4.98 Å². The van der Waals surface area contributed by atoms with Crippen molar-refractivity contribution >= 4 is 40.3 Å². The Balaban J connectivity index is 1.19. The molecule has 2 N–H and O–H groups in total. The molecule has 0 radical (unpaired) electrons. The van der Waals surface area contributed by atoms with Crippen LogP contribution in [0.1, 0.15) is 49.3 Å². The van der Waals surface area contributed by atoms with Gasteiger partial charge in [-0.25, -0.2) is 9.78 Å². The van der Waals surface area contributed by atoms with E-state index in [1.165, 1.54) is 22.8 Å². The second kappa shape index (κ2) is 12.6. The fourth-order valence-corrected chi connectivity index (χ4v) is 5.53. The van der Waals surface area contributed by atoms with Gasteiger partial charge in [0.1, 0.15) is 0 Å². The van der Waals surface area contributed by atoms with Crippen LogP contribution in [-0.4, -0.2) is 63.5 Å². The predicted molar refractivity (Wildman–Crippen MR) is 175 cm³/mol. The second-order valence-electron chi connectivity index (χ2n) is 11.2. The van der Waals surface area contributed by atoms with Gasteiger partial charge in [-0.1, -0.05) is 12.1 Å². The van der Waals surface area contributed by atoms with E-state index in [4.69, 9.17) is 15.1 Å². The second-order valence-corrected chi connectivity index (χ2v) is 11.2. The fourth-order valence-electron chi connectivity index (χ4n) is 5.53. The average Bonchev–Trinajstić information content (AvgIpc) is 3.07. The quantitative estimate of drug-likeness (QED) is 0.245. The molecule has 11 heteroatoms. The standard InChI is InChI=1S/C35H32N6O5/c1-22-30-15-16-31(43)41(29-13-9-26(10-14-29)33(44)36-21-24-3-5-27(6-4-24)34(45)46)32(30)38-35(37-22)40-19-17-39(18-20-40)28-11-7-25(8-12-28)23(2)42/h3-16H,17-21H2,1-2H3,(H,36,44)(H,45,46). The molecular formula is C35H32N6O5. The number of nitrogens with zero attached hydrogens (tertiary/aromatic N) is 5. The number of pyridine rings is 1. The number of carboxylic acid groups (broad SMARTS) is 1. The zero-order chi connectivity index (χ0) is 32.4. The van der Waals surface area contributed by atoms with Crippen molar-refractivity contribution in [2.45, 2.75) is 20.4 Å². The minimum atomic E-state index is -1.01. The number of carbonyl (C=O) groups excluding carboxylic acids is 2. The van der Waals surface area contributed by atoms with Crippen LogP contribution in [0, 0.1) is 6.92 Å². The molecule has 1 amide bonds. The van der Waals surface area contributed by atoms with Gasteiger partial charge in [-0.15, -0.1) is 0 Å². The van der Waals surface area contributed by atoms with E-state index in [2.05, 4.69) is 15.1 Å². The zero-order valence-electron chi connectivity index (χ0n) is 25.4. The highest BCUT2D eigenvalue weighted by Gasteiger charge is 2.22. The summed E-state index contributed by atoms with van der Waals surface area (Å²) in [4.78, 5) is 62.7. The van der Waals surface area contributed by atoms with Gasteiger partial charge in [0.15, 0.2) is 11.4 Å². The van der Waals surface area contributed by atoms with Gasteiger partial charge in [0.05, 0.1) is 16.9 Å². The van der Waals surface area contributed by atoms with Crippen molar-refractivity contribution in [1.82, 2.24) is 19.9 Å².